The van der Waals surface area contributed by atoms with Gasteiger partial charge in [-0.3, -0.25) is 14.5 Å². The third-order valence-electron chi connectivity index (χ3n) is 4.23. The molecule has 0 aliphatic carbocycles. The topological polar surface area (TPSA) is 74.7 Å². The number of amidine groups is 1. The van der Waals surface area contributed by atoms with Gasteiger partial charge in [-0.15, -0.1) is 6.58 Å². The summed E-state index contributed by atoms with van der Waals surface area (Å²) in [6, 6.07) is 17.0. The molecule has 0 bridgehead atoms. The van der Waals surface area contributed by atoms with Crippen molar-refractivity contribution in [2.75, 3.05) is 11.9 Å². The standard InChI is InChI=1S/C21H18N4O2S2/c1-2-12-25-19(27)17(13-18(26)22-14-8-4-3-5-9-14)29-21(25)24-20-23-15-10-6-7-11-16(15)28-20/h2-11,17H,1,12-13H2,(H,22,26)/t17-/m0/s1. The molecule has 3 aromatic rings. The Bertz CT molecular complexity index is 1060. The van der Waals surface area contributed by atoms with Gasteiger partial charge in [-0.05, 0) is 24.3 Å². The predicted molar refractivity (Wildman–Crippen MR) is 120 cm³/mol. The second kappa shape index (κ2) is 8.59. The maximum atomic E-state index is 12.8. The average Bonchev–Trinajstić information content (AvgIpc) is 3.25. The number of nitrogens with zero attached hydrogens (tertiary/aromatic N) is 3. The highest BCUT2D eigenvalue weighted by molar-refractivity contribution is 8.15. The van der Waals surface area contributed by atoms with Crippen LogP contribution in [0.3, 0.4) is 0 Å². The quantitative estimate of drug-likeness (QED) is 0.596. The minimum atomic E-state index is -0.521. The number of thiazole rings is 1. The fourth-order valence-corrected chi connectivity index (χ4v) is 4.96. The Kier molecular flexibility index (Phi) is 5.73. The molecule has 1 atom stereocenters. The zero-order valence-corrected chi connectivity index (χ0v) is 17.1. The molecule has 8 heteroatoms. The second-order valence-corrected chi connectivity index (χ2v) is 8.50. The summed E-state index contributed by atoms with van der Waals surface area (Å²) in [7, 11) is 0. The van der Waals surface area contributed by atoms with Crippen LogP contribution in [0.4, 0.5) is 10.8 Å². The van der Waals surface area contributed by atoms with E-state index in [4.69, 9.17) is 0 Å². The lowest BCUT2D eigenvalue weighted by atomic mass is 10.2. The van der Waals surface area contributed by atoms with Crippen molar-refractivity contribution in [2.45, 2.75) is 11.7 Å². The van der Waals surface area contributed by atoms with Crippen LogP contribution in [-0.2, 0) is 9.59 Å². The van der Waals surface area contributed by atoms with E-state index in [9.17, 15) is 9.59 Å². The highest BCUT2D eigenvalue weighted by Gasteiger charge is 2.38. The van der Waals surface area contributed by atoms with Crippen LogP contribution in [-0.4, -0.2) is 38.7 Å². The van der Waals surface area contributed by atoms with Gasteiger partial charge in [0.1, 0.15) is 5.25 Å². The fraction of sp³-hybridized carbons (Fsp3) is 0.143. The largest absolute Gasteiger partial charge is 0.326 e. The number of anilines is 1. The number of carbonyl (C=O) groups excluding carboxylic acids is 2. The number of benzene rings is 2. The molecule has 0 unspecified atom stereocenters. The molecule has 2 aromatic carbocycles. The second-order valence-electron chi connectivity index (χ2n) is 6.32. The van der Waals surface area contributed by atoms with E-state index in [1.165, 1.54) is 23.1 Å². The SMILES string of the molecule is C=CCN1C(=O)[C@H](CC(=O)Nc2ccccc2)SC1=Nc1nc2ccccc2s1. The summed E-state index contributed by atoms with van der Waals surface area (Å²) < 4.78 is 1.04. The molecule has 4 rings (SSSR count). The molecule has 146 valence electrons. The van der Waals surface area contributed by atoms with Crippen molar-refractivity contribution in [1.29, 1.82) is 0 Å². The van der Waals surface area contributed by atoms with Crippen LogP contribution >= 0.6 is 23.1 Å². The van der Waals surface area contributed by atoms with Gasteiger partial charge in [0.05, 0.1) is 10.2 Å². The van der Waals surface area contributed by atoms with Crippen molar-refractivity contribution < 1.29 is 9.59 Å². The summed E-state index contributed by atoms with van der Waals surface area (Å²) in [4.78, 5) is 35.9. The predicted octanol–water partition coefficient (Wildman–Crippen LogP) is 4.44. The van der Waals surface area contributed by atoms with Crippen molar-refractivity contribution >= 4 is 61.1 Å². The Hall–Kier alpha value is -2.97. The summed E-state index contributed by atoms with van der Waals surface area (Å²) >= 11 is 2.76. The molecular weight excluding hydrogens is 404 g/mol. The van der Waals surface area contributed by atoms with Gasteiger partial charge in [-0.2, -0.15) is 4.99 Å². The van der Waals surface area contributed by atoms with E-state index >= 15 is 0 Å². The highest BCUT2D eigenvalue weighted by Crippen LogP contribution is 2.34. The molecule has 1 saturated heterocycles. The van der Waals surface area contributed by atoms with E-state index in [1.54, 1.807) is 11.0 Å². The number of aliphatic imine (C=N–C) groups is 1. The van der Waals surface area contributed by atoms with Crippen LogP contribution in [0.15, 0.2) is 72.2 Å². The van der Waals surface area contributed by atoms with E-state index < -0.39 is 5.25 Å². The van der Waals surface area contributed by atoms with Gasteiger partial charge in [-0.25, -0.2) is 4.98 Å². The fourth-order valence-electron chi connectivity index (χ4n) is 2.91. The van der Waals surface area contributed by atoms with Crippen LogP contribution in [0.25, 0.3) is 10.2 Å². The Morgan fingerprint density at radius 3 is 2.72 bits per heavy atom. The first-order valence-electron chi connectivity index (χ1n) is 9.02. The molecule has 1 N–H and O–H groups in total. The van der Waals surface area contributed by atoms with Crippen LogP contribution in [0.1, 0.15) is 6.42 Å². The van der Waals surface area contributed by atoms with E-state index in [0.29, 0.717) is 22.5 Å². The number of carbonyl (C=O) groups is 2. The molecule has 0 spiro atoms. The van der Waals surface area contributed by atoms with E-state index in [-0.39, 0.29) is 18.2 Å². The van der Waals surface area contributed by atoms with Crippen LogP contribution in [0.2, 0.25) is 0 Å². The molecular formula is C21H18N4O2S2. The molecule has 1 aliphatic rings. The third-order valence-corrected chi connectivity index (χ3v) is 6.34. The maximum absolute atomic E-state index is 12.8. The molecule has 2 heterocycles. The van der Waals surface area contributed by atoms with Gasteiger partial charge in [0.25, 0.3) is 0 Å². The van der Waals surface area contributed by atoms with Gasteiger partial charge in [0.2, 0.25) is 16.9 Å². The van der Waals surface area contributed by atoms with Gasteiger partial charge >= 0.3 is 0 Å². The maximum Gasteiger partial charge on any atom is 0.242 e. The number of hydrogen-bond acceptors (Lipinski definition) is 6. The lowest BCUT2D eigenvalue weighted by Gasteiger charge is -2.13. The van der Waals surface area contributed by atoms with E-state index in [2.05, 4.69) is 21.9 Å². The number of thioether (sulfide) groups is 1. The van der Waals surface area contributed by atoms with E-state index in [1.807, 2.05) is 54.6 Å². The first kappa shape index (κ1) is 19.4. The monoisotopic (exact) mass is 422 g/mol. The average molecular weight is 423 g/mol. The summed E-state index contributed by atoms with van der Waals surface area (Å²) in [6.45, 7) is 4.07. The van der Waals surface area contributed by atoms with Crippen molar-refractivity contribution in [2.24, 2.45) is 4.99 Å². The number of aromatic nitrogens is 1. The van der Waals surface area contributed by atoms with Crippen molar-refractivity contribution in [3.05, 3.63) is 67.3 Å². The third kappa shape index (κ3) is 4.38. The summed E-state index contributed by atoms with van der Waals surface area (Å²) in [6.07, 6.45) is 1.73. The number of nitrogens with one attached hydrogen (secondary N) is 1. The Morgan fingerprint density at radius 1 is 1.21 bits per heavy atom. The van der Waals surface area contributed by atoms with Gasteiger partial charge in [-0.1, -0.05) is 59.5 Å². The van der Waals surface area contributed by atoms with Crippen molar-refractivity contribution in [3.63, 3.8) is 0 Å². The molecule has 1 aliphatic heterocycles. The number of amides is 2. The number of hydrogen-bond donors (Lipinski definition) is 1. The van der Waals surface area contributed by atoms with Crippen LogP contribution in [0, 0.1) is 0 Å². The van der Waals surface area contributed by atoms with Crippen molar-refractivity contribution in [1.82, 2.24) is 9.88 Å². The normalized spacial score (nSPS) is 17.8. The van der Waals surface area contributed by atoms with Gasteiger partial charge < -0.3 is 5.32 Å². The number of fused-ring (bicyclic) bond motifs is 1. The Balaban J connectivity index is 1.52. The molecule has 0 radical (unpaired) electrons. The van der Waals surface area contributed by atoms with Crippen LogP contribution < -0.4 is 5.32 Å². The number of para-hydroxylation sites is 2. The minimum absolute atomic E-state index is 0.0743. The lowest BCUT2D eigenvalue weighted by Crippen LogP contribution is -2.33. The summed E-state index contributed by atoms with van der Waals surface area (Å²) in [5.41, 5.74) is 1.58. The van der Waals surface area contributed by atoms with Crippen LogP contribution in [0.5, 0.6) is 0 Å². The molecule has 29 heavy (non-hydrogen) atoms. The smallest absolute Gasteiger partial charge is 0.242 e. The van der Waals surface area contributed by atoms with Gasteiger partial charge in [0.15, 0.2) is 5.17 Å². The number of rotatable bonds is 6. The first-order chi connectivity index (χ1) is 14.1. The van der Waals surface area contributed by atoms with Crippen molar-refractivity contribution in [3.8, 4) is 0 Å². The van der Waals surface area contributed by atoms with E-state index in [0.717, 1.165) is 10.2 Å². The zero-order chi connectivity index (χ0) is 20.2. The Morgan fingerprint density at radius 2 is 1.97 bits per heavy atom. The lowest BCUT2D eigenvalue weighted by molar-refractivity contribution is -0.127. The molecule has 2 amide bonds. The molecule has 0 saturated carbocycles. The highest BCUT2D eigenvalue weighted by atomic mass is 32.2. The summed E-state index contributed by atoms with van der Waals surface area (Å²) in [5.74, 6) is -0.347. The first-order valence-corrected chi connectivity index (χ1v) is 10.7. The molecule has 1 fully saturated rings. The summed E-state index contributed by atoms with van der Waals surface area (Å²) in [5, 5.41) is 3.44. The molecule has 1 aromatic heterocycles. The zero-order valence-electron chi connectivity index (χ0n) is 15.4. The Labute approximate surface area is 176 Å². The minimum Gasteiger partial charge on any atom is -0.326 e. The van der Waals surface area contributed by atoms with Gasteiger partial charge in [0, 0.05) is 18.7 Å². The molecule has 6 nitrogen and oxygen atoms in total.